The molecule has 2 aromatic rings. The van der Waals surface area contributed by atoms with Crippen molar-refractivity contribution in [2.24, 2.45) is 0 Å². The van der Waals surface area contributed by atoms with E-state index in [1.807, 2.05) is 6.92 Å². The van der Waals surface area contributed by atoms with Gasteiger partial charge in [-0.1, -0.05) is 31.9 Å². The van der Waals surface area contributed by atoms with Crippen LogP contribution in [0.4, 0.5) is 11.5 Å². The number of anilines is 1. The summed E-state index contributed by atoms with van der Waals surface area (Å²) in [6, 6.07) is 7.41. The monoisotopic (exact) mass is 346 g/mol. The molecule has 1 heterocycles. The first-order chi connectivity index (χ1) is 11.9. The van der Waals surface area contributed by atoms with E-state index in [1.165, 1.54) is 27.3 Å². The molecular formula is C17H22N4O4. The molecule has 8 nitrogen and oxygen atoms in total. The molecule has 0 aliphatic heterocycles. The molecule has 134 valence electrons. The fraction of sp³-hybridized carbons (Fsp3) is 0.412. The largest absolute Gasteiger partial charge is 0.385 e. The van der Waals surface area contributed by atoms with Gasteiger partial charge >= 0.3 is 5.69 Å². The zero-order valence-electron chi connectivity index (χ0n) is 14.2. The lowest BCUT2D eigenvalue weighted by molar-refractivity contribution is -0.384. The Hall–Kier alpha value is -2.90. The Morgan fingerprint density at radius 2 is 1.76 bits per heavy atom. The molecule has 2 rings (SSSR count). The van der Waals surface area contributed by atoms with Gasteiger partial charge in [-0.05, 0) is 18.4 Å². The van der Waals surface area contributed by atoms with Crippen LogP contribution in [0, 0.1) is 10.1 Å². The van der Waals surface area contributed by atoms with E-state index in [9.17, 15) is 19.7 Å². The van der Waals surface area contributed by atoms with Gasteiger partial charge in [0.25, 0.3) is 11.2 Å². The van der Waals surface area contributed by atoms with E-state index in [2.05, 4.69) is 0 Å². The first-order valence-corrected chi connectivity index (χ1v) is 8.27. The van der Waals surface area contributed by atoms with Crippen LogP contribution in [0.1, 0.15) is 31.7 Å². The maximum atomic E-state index is 12.5. The smallest absolute Gasteiger partial charge is 0.332 e. The van der Waals surface area contributed by atoms with E-state index in [-0.39, 0.29) is 17.1 Å². The highest BCUT2D eigenvalue weighted by Gasteiger charge is 2.10. The molecule has 25 heavy (non-hydrogen) atoms. The van der Waals surface area contributed by atoms with Crippen molar-refractivity contribution in [1.82, 2.24) is 9.13 Å². The highest BCUT2D eigenvalue weighted by Crippen LogP contribution is 2.12. The minimum atomic E-state index is -0.460. The molecule has 1 aromatic heterocycles. The summed E-state index contributed by atoms with van der Waals surface area (Å²) in [5, 5.41) is 10.7. The quantitative estimate of drug-likeness (QED) is 0.446. The summed E-state index contributed by atoms with van der Waals surface area (Å²) in [5.41, 5.74) is 5.90. The van der Waals surface area contributed by atoms with Gasteiger partial charge in [-0.15, -0.1) is 0 Å². The van der Waals surface area contributed by atoms with Gasteiger partial charge in [0.15, 0.2) is 0 Å². The average molecular weight is 346 g/mol. The summed E-state index contributed by atoms with van der Waals surface area (Å²) in [6.07, 6.45) is 3.18. The average Bonchev–Trinajstić information content (AvgIpc) is 2.58. The summed E-state index contributed by atoms with van der Waals surface area (Å²) in [5.74, 6) is 0.128. The van der Waals surface area contributed by atoms with Crippen LogP contribution in [0.25, 0.3) is 0 Å². The number of aryl methyl sites for hydroxylation is 1. The Morgan fingerprint density at radius 1 is 1.08 bits per heavy atom. The third kappa shape index (κ3) is 4.56. The van der Waals surface area contributed by atoms with Crippen molar-refractivity contribution in [3.63, 3.8) is 0 Å². The molecule has 0 radical (unpaired) electrons. The van der Waals surface area contributed by atoms with Crippen molar-refractivity contribution in [3.05, 3.63) is 66.8 Å². The van der Waals surface area contributed by atoms with Crippen molar-refractivity contribution in [1.29, 1.82) is 0 Å². The van der Waals surface area contributed by atoms with Gasteiger partial charge in [-0.2, -0.15) is 0 Å². The van der Waals surface area contributed by atoms with Crippen LogP contribution in [0.3, 0.4) is 0 Å². The van der Waals surface area contributed by atoms with E-state index in [4.69, 9.17) is 5.73 Å². The Labute approximate surface area is 144 Å². The summed E-state index contributed by atoms with van der Waals surface area (Å²) in [6.45, 7) is 2.73. The zero-order chi connectivity index (χ0) is 18.4. The number of nitrogens with two attached hydrogens (primary N) is 1. The van der Waals surface area contributed by atoms with E-state index in [0.29, 0.717) is 19.5 Å². The summed E-state index contributed by atoms with van der Waals surface area (Å²) >= 11 is 0. The van der Waals surface area contributed by atoms with Crippen LogP contribution in [-0.2, 0) is 19.5 Å². The molecule has 0 spiro atoms. The van der Waals surface area contributed by atoms with Crippen LogP contribution < -0.4 is 17.0 Å². The fourth-order valence-electron chi connectivity index (χ4n) is 2.61. The third-order valence-corrected chi connectivity index (χ3v) is 4.07. The van der Waals surface area contributed by atoms with Crippen molar-refractivity contribution >= 4 is 11.5 Å². The summed E-state index contributed by atoms with van der Waals surface area (Å²) < 4.78 is 2.58. The molecule has 0 aliphatic rings. The molecule has 1 aromatic carbocycles. The molecule has 8 heteroatoms. The van der Waals surface area contributed by atoms with Crippen molar-refractivity contribution < 1.29 is 4.92 Å². The second kappa shape index (κ2) is 8.27. The molecule has 0 atom stereocenters. The lowest BCUT2D eigenvalue weighted by Gasteiger charge is -2.12. The third-order valence-electron chi connectivity index (χ3n) is 4.07. The zero-order valence-corrected chi connectivity index (χ0v) is 14.2. The number of hydrogen-bond donors (Lipinski definition) is 1. The van der Waals surface area contributed by atoms with E-state index in [0.717, 1.165) is 24.8 Å². The summed E-state index contributed by atoms with van der Waals surface area (Å²) in [7, 11) is 0. The van der Waals surface area contributed by atoms with Gasteiger partial charge in [0.2, 0.25) is 0 Å². The Bertz CT molecular complexity index is 852. The molecule has 0 fully saturated rings. The second-order valence-electron chi connectivity index (χ2n) is 5.87. The normalized spacial score (nSPS) is 10.8. The van der Waals surface area contributed by atoms with E-state index in [1.54, 1.807) is 12.1 Å². The minimum absolute atomic E-state index is 0.0184. The predicted molar refractivity (Wildman–Crippen MR) is 95.7 cm³/mol. The molecule has 2 N–H and O–H groups in total. The lowest BCUT2D eigenvalue weighted by atomic mass is 10.1. The van der Waals surface area contributed by atoms with Crippen LogP contribution >= 0.6 is 0 Å². The number of unbranched alkanes of at least 4 members (excludes halogenated alkanes) is 2. The number of nitro benzene ring substituents is 1. The SMILES string of the molecule is CCCCCn1c(=O)cc(N)n(CCc2ccc([N+](=O)[O-])cc2)c1=O. The van der Waals surface area contributed by atoms with E-state index < -0.39 is 10.6 Å². The molecule has 0 bridgehead atoms. The summed E-state index contributed by atoms with van der Waals surface area (Å²) in [4.78, 5) is 34.7. The van der Waals surface area contributed by atoms with Crippen LogP contribution in [0.15, 0.2) is 39.9 Å². The molecule has 0 aliphatic carbocycles. The molecular weight excluding hydrogens is 324 g/mol. The number of nitrogen functional groups attached to an aromatic ring is 1. The maximum Gasteiger partial charge on any atom is 0.332 e. The number of nitrogens with zero attached hydrogens (tertiary/aromatic N) is 3. The second-order valence-corrected chi connectivity index (χ2v) is 5.87. The first-order valence-electron chi connectivity index (χ1n) is 8.27. The van der Waals surface area contributed by atoms with Crippen molar-refractivity contribution in [2.75, 3.05) is 5.73 Å². The van der Waals surface area contributed by atoms with Crippen molar-refractivity contribution in [2.45, 2.75) is 45.7 Å². The number of nitro groups is 1. The molecule has 0 saturated carbocycles. The van der Waals surface area contributed by atoms with Gasteiger partial charge < -0.3 is 5.73 Å². The molecule has 0 unspecified atom stereocenters. The standard InChI is InChI=1S/C17H22N4O4/c1-2-3-4-10-20-16(22)12-15(18)19(17(20)23)11-9-13-5-7-14(8-6-13)21(24)25/h5-8,12H,2-4,9-11,18H2,1H3. The number of aromatic nitrogens is 2. The number of benzene rings is 1. The minimum Gasteiger partial charge on any atom is -0.385 e. The van der Waals surface area contributed by atoms with Gasteiger partial charge in [0.1, 0.15) is 5.82 Å². The highest BCUT2D eigenvalue weighted by atomic mass is 16.6. The maximum absolute atomic E-state index is 12.5. The van der Waals surface area contributed by atoms with Crippen LogP contribution in [-0.4, -0.2) is 14.1 Å². The van der Waals surface area contributed by atoms with Crippen molar-refractivity contribution in [3.8, 4) is 0 Å². The van der Waals surface area contributed by atoms with Crippen LogP contribution in [0.2, 0.25) is 0 Å². The van der Waals surface area contributed by atoms with Crippen LogP contribution in [0.5, 0.6) is 0 Å². The number of non-ortho nitro benzene ring substituents is 1. The highest BCUT2D eigenvalue weighted by molar-refractivity contribution is 5.33. The van der Waals surface area contributed by atoms with Gasteiger partial charge in [-0.25, -0.2) is 4.79 Å². The molecule has 0 amide bonds. The van der Waals surface area contributed by atoms with E-state index >= 15 is 0 Å². The molecule has 0 saturated heterocycles. The number of rotatable bonds is 8. The lowest BCUT2D eigenvalue weighted by Crippen LogP contribution is -2.40. The van der Waals surface area contributed by atoms with Gasteiger partial charge in [0.05, 0.1) is 4.92 Å². The fourth-order valence-corrected chi connectivity index (χ4v) is 2.61. The Morgan fingerprint density at radius 3 is 2.36 bits per heavy atom. The number of hydrogen-bond acceptors (Lipinski definition) is 5. The first kappa shape index (κ1) is 18.4. The van der Waals surface area contributed by atoms with Gasteiger partial charge in [-0.3, -0.25) is 24.0 Å². The van der Waals surface area contributed by atoms with Gasteiger partial charge in [0, 0.05) is 31.3 Å². The Balaban J connectivity index is 2.18. The predicted octanol–water partition coefficient (Wildman–Crippen LogP) is 1.93. The topological polar surface area (TPSA) is 113 Å². The Kier molecular flexibility index (Phi) is 6.10.